The minimum Gasteiger partial charge on any atom is -0.303 e. The third-order valence-electron chi connectivity index (χ3n) is 4.79. The molecule has 1 aromatic carbocycles. The molecule has 0 saturated heterocycles. The maximum atomic E-state index is 10.3. The molecule has 112 valence electrons. The third kappa shape index (κ3) is 5.01. The number of unbranched alkanes of at least 4 members (excludes halogenated alkanes) is 3. The summed E-state index contributed by atoms with van der Waals surface area (Å²) in [5.74, 6) is 1.57. The Labute approximate surface area is 128 Å². The highest BCUT2D eigenvalue weighted by Crippen LogP contribution is 2.37. The molecule has 1 saturated carbocycles. The molecule has 0 aromatic heterocycles. The van der Waals surface area contributed by atoms with Crippen molar-refractivity contribution in [2.45, 2.75) is 63.7 Å². The third-order valence-corrected chi connectivity index (χ3v) is 4.79. The van der Waals surface area contributed by atoms with Gasteiger partial charge in [-0.2, -0.15) is 5.26 Å². The zero-order valence-corrected chi connectivity index (χ0v) is 12.8. The van der Waals surface area contributed by atoms with Gasteiger partial charge in [0.2, 0.25) is 0 Å². The number of hydrogen-bond acceptors (Lipinski definition) is 2. The van der Waals surface area contributed by atoms with Gasteiger partial charge in [-0.3, -0.25) is 0 Å². The Hall–Kier alpha value is -1.62. The Morgan fingerprint density at radius 2 is 1.76 bits per heavy atom. The van der Waals surface area contributed by atoms with Crippen LogP contribution in [0.3, 0.4) is 0 Å². The maximum absolute atomic E-state index is 10.3. The lowest BCUT2D eigenvalue weighted by atomic mass is 9.77. The first-order valence-electron chi connectivity index (χ1n) is 8.27. The summed E-state index contributed by atoms with van der Waals surface area (Å²) in [5.41, 5.74) is 2.15. The molecule has 1 aliphatic rings. The van der Waals surface area contributed by atoms with Crippen molar-refractivity contribution in [3.63, 3.8) is 0 Å². The molecule has 1 aromatic rings. The highest BCUT2D eigenvalue weighted by atomic mass is 16.1. The van der Waals surface area contributed by atoms with E-state index < -0.39 is 0 Å². The zero-order chi connectivity index (χ0) is 14.9. The van der Waals surface area contributed by atoms with E-state index in [1.54, 1.807) is 0 Å². The Morgan fingerprint density at radius 3 is 2.38 bits per heavy atom. The quantitative estimate of drug-likeness (QED) is 0.523. The molecule has 0 aliphatic heterocycles. The van der Waals surface area contributed by atoms with E-state index in [0.717, 1.165) is 30.6 Å². The van der Waals surface area contributed by atoms with Crippen molar-refractivity contribution < 1.29 is 4.79 Å². The van der Waals surface area contributed by atoms with Crippen molar-refractivity contribution in [3.05, 3.63) is 35.4 Å². The molecule has 21 heavy (non-hydrogen) atoms. The van der Waals surface area contributed by atoms with Crippen LogP contribution in [-0.4, -0.2) is 6.29 Å². The van der Waals surface area contributed by atoms with E-state index in [9.17, 15) is 4.79 Å². The number of nitrogens with zero attached hydrogens (tertiary/aromatic N) is 1. The zero-order valence-electron chi connectivity index (χ0n) is 12.8. The van der Waals surface area contributed by atoms with Crippen molar-refractivity contribution >= 4 is 6.29 Å². The topological polar surface area (TPSA) is 40.9 Å². The molecule has 0 spiro atoms. The van der Waals surface area contributed by atoms with Gasteiger partial charge in [-0.25, -0.2) is 0 Å². The molecule has 0 unspecified atom stereocenters. The van der Waals surface area contributed by atoms with Crippen molar-refractivity contribution in [1.29, 1.82) is 5.26 Å². The second-order valence-electron chi connectivity index (χ2n) is 6.26. The SMILES string of the molecule is N#Cc1ccc(C2CCC(CCCCCC=O)CC2)cc1. The summed E-state index contributed by atoms with van der Waals surface area (Å²) in [4.78, 5) is 10.3. The monoisotopic (exact) mass is 283 g/mol. The lowest BCUT2D eigenvalue weighted by Crippen LogP contribution is -2.13. The number of aldehydes is 1. The Balaban J connectivity index is 1.70. The van der Waals surface area contributed by atoms with Crippen LogP contribution in [0.1, 0.15) is 74.8 Å². The van der Waals surface area contributed by atoms with Crippen LogP contribution in [0.5, 0.6) is 0 Å². The number of benzene rings is 1. The largest absolute Gasteiger partial charge is 0.303 e. The van der Waals surface area contributed by atoms with E-state index in [1.807, 2.05) is 12.1 Å². The average molecular weight is 283 g/mol. The van der Waals surface area contributed by atoms with Crippen molar-refractivity contribution in [1.82, 2.24) is 0 Å². The van der Waals surface area contributed by atoms with Crippen LogP contribution < -0.4 is 0 Å². The summed E-state index contributed by atoms with van der Waals surface area (Å²) in [5, 5.41) is 8.84. The summed E-state index contributed by atoms with van der Waals surface area (Å²) in [6.07, 6.45) is 11.9. The lowest BCUT2D eigenvalue weighted by Gasteiger charge is -2.29. The first-order valence-corrected chi connectivity index (χ1v) is 8.27. The first-order chi connectivity index (χ1) is 10.3. The summed E-state index contributed by atoms with van der Waals surface area (Å²) >= 11 is 0. The predicted octanol–water partition coefficient (Wildman–Crippen LogP) is 4.98. The fraction of sp³-hybridized carbons (Fsp3) is 0.579. The molecule has 2 heteroatoms. The first kappa shape index (κ1) is 15.8. The summed E-state index contributed by atoms with van der Waals surface area (Å²) < 4.78 is 0. The Morgan fingerprint density at radius 1 is 1.05 bits per heavy atom. The van der Waals surface area contributed by atoms with E-state index in [4.69, 9.17) is 5.26 Å². The molecule has 1 fully saturated rings. The normalized spacial score (nSPS) is 21.7. The van der Waals surface area contributed by atoms with Gasteiger partial charge in [0.1, 0.15) is 6.29 Å². The number of hydrogen-bond donors (Lipinski definition) is 0. The summed E-state index contributed by atoms with van der Waals surface area (Å²) in [7, 11) is 0. The van der Waals surface area contributed by atoms with E-state index >= 15 is 0 Å². The van der Waals surface area contributed by atoms with Gasteiger partial charge in [0.05, 0.1) is 11.6 Å². The van der Waals surface area contributed by atoms with Gasteiger partial charge in [0.15, 0.2) is 0 Å². The highest BCUT2D eigenvalue weighted by molar-refractivity contribution is 5.48. The standard InChI is InChI=1S/C19H25NO/c20-15-17-8-12-19(13-9-17)18-10-6-16(7-11-18)5-3-1-2-4-14-21/h8-9,12-14,16,18H,1-7,10-11H2. The van der Waals surface area contributed by atoms with Crippen LogP contribution in [0, 0.1) is 17.2 Å². The van der Waals surface area contributed by atoms with Crippen LogP contribution in [-0.2, 0) is 4.79 Å². The minimum absolute atomic E-state index is 0.684. The van der Waals surface area contributed by atoms with Gasteiger partial charge in [0, 0.05) is 6.42 Å². The second-order valence-corrected chi connectivity index (χ2v) is 6.26. The molecule has 2 nitrogen and oxygen atoms in total. The average Bonchev–Trinajstić information content (AvgIpc) is 2.55. The van der Waals surface area contributed by atoms with Crippen LogP contribution in [0.4, 0.5) is 0 Å². The van der Waals surface area contributed by atoms with Crippen LogP contribution in [0.25, 0.3) is 0 Å². The van der Waals surface area contributed by atoms with Gasteiger partial charge < -0.3 is 4.79 Å². The smallest absolute Gasteiger partial charge is 0.119 e. The predicted molar refractivity (Wildman–Crippen MR) is 85.0 cm³/mol. The van der Waals surface area contributed by atoms with Gasteiger partial charge in [0.25, 0.3) is 0 Å². The molecule has 0 radical (unpaired) electrons. The number of nitriles is 1. The molecule has 0 heterocycles. The fourth-order valence-electron chi connectivity index (χ4n) is 3.45. The van der Waals surface area contributed by atoms with Crippen molar-refractivity contribution in [2.75, 3.05) is 0 Å². The number of carbonyl (C=O) groups is 1. The lowest BCUT2D eigenvalue weighted by molar-refractivity contribution is -0.107. The van der Waals surface area contributed by atoms with Gasteiger partial charge >= 0.3 is 0 Å². The van der Waals surface area contributed by atoms with E-state index in [-0.39, 0.29) is 0 Å². The number of carbonyl (C=O) groups excluding carboxylic acids is 1. The van der Waals surface area contributed by atoms with Gasteiger partial charge in [-0.05, 0) is 61.6 Å². The second kappa shape index (κ2) is 8.62. The summed E-state index contributed by atoms with van der Waals surface area (Å²) in [6.45, 7) is 0. The van der Waals surface area contributed by atoms with E-state index in [1.165, 1.54) is 50.5 Å². The Kier molecular flexibility index (Phi) is 6.47. The molecule has 0 atom stereocenters. The summed E-state index contributed by atoms with van der Waals surface area (Å²) in [6, 6.07) is 10.3. The molecular formula is C19H25NO. The van der Waals surface area contributed by atoms with E-state index in [2.05, 4.69) is 18.2 Å². The fourth-order valence-corrected chi connectivity index (χ4v) is 3.45. The van der Waals surface area contributed by atoms with Crippen LogP contribution in [0.2, 0.25) is 0 Å². The van der Waals surface area contributed by atoms with Crippen molar-refractivity contribution in [2.24, 2.45) is 5.92 Å². The molecular weight excluding hydrogens is 258 g/mol. The Bertz CT molecular complexity index is 463. The van der Waals surface area contributed by atoms with Crippen molar-refractivity contribution in [3.8, 4) is 6.07 Å². The minimum atomic E-state index is 0.684. The van der Waals surface area contributed by atoms with Gasteiger partial charge in [-0.15, -0.1) is 0 Å². The highest BCUT2D eigenvalue weighted by Gasteiger charge is 2.21. The number of rotatable bonds is 7. The van der Waals surface area contributed by atoms with Crippen LogP contribution >= 0.6 is 0 Å². The molecule has 0 N–H and O–H groups in total. The maximum Gasteiger partial charge on any atom is 0.119 e. The molecule has 1 aliphatic carbocycles. The van der Waals surface area contributed by atoms with Gasteiger partial charge in [-0.1, -0.05) is 31.4 Å². The van der Waals surface area contributed by atoms with E-state index in [0.29, 0.717) is 5.92 Å². The molecule has 0 bridgehead atoms. The molecule has 0 amide bonds. The molecule has 2 rings (SSSR count). The van der Waals surface area contributed by atoms with Crippen LogP contribution in [0.15, 0.2) is 24.3 Å².